The van der Waals surface area contributed by atoms with Gasteiger partial charge in [-0.2, -0.15) is 4.98 Å². The van der Waals surface area contributed by atoms with Gasteiger partial charge in [0.2, 0.25) is 11.7 Å². The molecule has 0 aliphatic carbocycles. The van der Waals surface area contributed by atoms with Gasteiger partial charge in [0.1, 0.15) is 0 Å². The Kier molecular flexibility index (Phi) is 5.33. The van der Waals surface area contributed by atoms with Crippen molar-refractivity contribution in [1.82, 2.24) is 15.0 Å². The molecule has 0 fully saturated rings. The molecule has 1 heterocycles. The zero-order valence-corrected chi connectivity index (χ0v) is 15.0. The second kappa shape index (κ2) is 7.64. The Hall–Kier alpha value is -2.11. The Bertz CT molecular complexity index is 781. The fourth-order valence-electron chi connectivity index (χ4n) is 2.47. The monoisotopic (exact) mass is 339 g/mol. The van der Waals surface area contributed by atoms with Crippen LogP contribution in [0.2, 0.25) is 0 Å². The van der Waals surface area contributed by atoms with Crippen LogP contribution in [0.3, 0.4) is 0 Å². The Morgan fingerprint density at radius 2 is 1.71 bits per heavy atom. The number of aryl methyl sites for hydroxylation is 1. The van der Waals surface area contributed by atoms with Crippen LogP contribution in [0, 0.1) is 6.92 Å². The van der Waals surface area contributed by atoms with Gasteiger partial charge in [-0.15, -0.1) is 11.8 Å². The molecule has 0 radical (unpaired) electrons. The summed E-state index contributed by atoms with van der Waals surface area (Å²) in [5.74, 6) is 1.27. The predicted octanol–water partition coefficient (Wildman–Crippen LogP) is 4.40. The molecule has 0 N–H and O–H groups in total. The summed E-state index contributed by atoms with van der Waals surface area (Å²) in [5.41, 5.74) is 3.47. The van der Waals surface area contributed by atoms with E-state index in [2.05, 4.69) is 71.7 Å². The first-order chi connectivity index (χ1) is 11.6. The van der Waals surface area contributed by atoms with Crippen molar-refractivity contribution in [1.29, 1.82) is 0 Å². The summed E-state index contributed by atoms with van der Waals surface area (Å²) in [4.78, 5) is 7.94. The summed E-state index contributed by atoms with van der Waals surface area (Å²) in [7, 11) is 2.05. The minimum Gasteiger partial charge on any atom is -0.338 e. The molecule has 0 amide bonds. The smallest absolute Gasteiger partial charge is 0.241 e. The summed E-state index contributed by atoms with van der Waals surface area (Å²) in [6.45, 7) is 3.53. The predicted molar refractivity (Wildman–Crippen MR) is 97.9 cm³/mol. The highest BCUT2D eigenvalue weighted by Gasteiger charge is 2.11. The fourth-order valence-corrected chi connectivity index (χ4v) is 2.88. The highest BCUT2D eigenvalue weighted by molar-refractivity contribution is 7.98. The minimum atomic E-state index is 0.628. The number of rotatable bonds is 6. The van der Waals surface area contributed by atoms with E-state index in [1.54, 1.807) is 11.8 Å². The van der Waals surface area contributed by atoms with E-state index in [0.29, 0.717) is 18.3 Å². The molecule has 0 saturated carbocycles. The molecule has 0 bridgehead atoms. The molecule has 124 valence electrons. The summed E-state index contributed by atoms with van der Waals surface area (Å²) >= 11 is 1.75. The number of benzene rings is 2. The lowest BCUT2D eigenvalue weighted by molar-refractivity contribution is 0.261. The Morgan fingerprint density at radius 1 is 1.00 bits per heavy atom. The first-order valence-electron chi connectivity index (χ1n) is 7.85. The second-order valence-electron chi connectivity index (χ2n) is 5.90. The molecule has 0 spiro atoms. The van der Waals surface area contributed by atoms with Crippen LogP contribution in [0.25, 0.3) is 11.4 Å². The average Bonchev–Trinajstić information content (AvgIpc) is 3.04. The van der Waals surface area contributed by atoms with Crippen molar-refractivity contribution in [2.75, 3.05) is 13.3 Å². The maximum atomic E-state index is 5.39. The molecule has 3 rings (SSSR count). The molecule has 4 nitrogen and oxygen atoms in total. The summed E-state index contributed by atoms with van der Waals surface area (Å²) in [6, 6.07) is 16.8. The first-order valence-corrected chi connectivity index (χ1v) is 9.07. The van der Waals surface area contributed by atoms with Gasteiger partial charge in [-0.1, -0.05) is 47.1 Å². The van der Waals surface area contributed by atoms with Crippen molar-refractivity contribution in [3.8, 4) is 11.4 Å². The zero-order chi connectivity index (χ0) is 16.9. The molecular formula is C19H21N3OS. The number of nitrogens with zero attached hydrogens (tertiary/aromatic N) is 3. The van der Waals surface area contributed by atoms with E-state index in [0.717, 1.165) is 12.1 Å². The third kappa shape index (κ3) is 4.24. The molecule has 24 heavy (non-hydrogen) atoms. The van der Waals surface area contributed by atoms with E-state index >= 15 is 0 Å². The Labute approximate surface area is 146 Å². The topological polar surface area (TPSA) is 42.2 Å². The zero-order valence-electron chi connectivity index (χ0n) is 14.2. The molecule has 0 unspecified atom stereocenters. The fraction of sp³-hybridized carbons (Fsp3) is 0.263. The van der Waals surface area contributed by atoms with Crippen molar-refractivity contribution in [2.24, 2.45) is 0 Å². The first kappa shape index (κ1) is 16.7. The van der Waals surface area contributed by atoms with E-state index in [1.165, 1.54) is 16.0 Å². The van der Waals surface area contributed by atoms with Gasteiger partial charge in [-0.25, -0.2) is 0 Å². The molecule has 0 atom stereocenters. The van der Waals surface area contributed by atoms with E-state index < -0.39 is 0 Å². The Balaban J connectivity index is 1.62. The van der Waals surface area contributed by atoms with Crippen molar-refractivity contribution < 1.29 is 4.52 Å². The summed E-state index contributed by atoms with van der Waals surface area (Å²) < 4.78 is 5.39. The molecule has 5 heteroatoms. The van der Waals surface area contributed by atoms with Crippen LogP contribution in [-0.4, -0.2) is 28.3 Å². The summed E-state index contributed by atoms with van der Waals surface area (Å²) in [5, 5.41) is 4.08. The van der Waals surface area contributed by atoms with Crippen LogP contribution in [0.1, 0.15) is 17.0 Å². The van der Waals surface area contributed by atoms with Crippen LogP contribution < -0.4 is 0 Å². The van der Waals surface area contributed by atoms with Crippen LogP contribution in [-0.2, 0) is 13.1 Å². The van der Waals surface area contributed by atoms with Gasteiger partial charge >= 0.3 is 0 Å². The molecular weight excluding hydrogens is 318 g/mol. The lowest BCUT2D eigenvalue weighted by Gasteiger charge is -2.14. The van der Waals surface area contributed by atoms with Gasteiger partial charge in [0.25, 0.3) is 0 Å². The maximum absolute atomic E-state index is 5.39. The van der Waals surface area contributed by atoms with Crippen molar-refractivity contribution in [3.05, 3.63) is 65.5 Å². The largest absolute Gasteiger partial charge is 0.338 e. The van der Waals surface area contributed by atoms with E-state index in [9.17, 15) is 0 Å². The Morgan fingerprint density at radius 3 is 2.38 bits per heavy atom. The number of hydrogen-bond acceptors (Lipinski definition) is 5. The van der Waals surface area contributed by atoms with Crippen molar-refractivity contribution in [3.63, 3.8) is 0 Å². The standard InChI is InChI=1S/C19H21N3OS/c1-14-4-8-16(9-5-14)19-20-18(23-21-19)13-22(2)12-15-6-10-17(24-3)11-7-15/h4-11H,12-13H2,1-3H3. The van der Waals surface area contributed by atoms with E-state index in [1.807, 2.05) is 12.1 Å². The van der Waals surface area contributed by atoms with Crippen molar-refractivity contribution in [2.45, 2.75) is 24.9 Å². The van der Waals surface area contributed by atoms with Crippen molar-refractivity contribution >= 4 is 11.8 Å². The van der Waals surface area contributed by atoms with Crippen LogP contribution in [0.15, 0.2) is 57.9 Å². The minimum absolute atomic E-state index is 0.628. The molecule has 2 aromatic carbocycles. The number of hydrogen-bond donors (Lipinski definition) is 0. The van der Waals surface area contributed by atoms with Gasteiger partial charge in [-0.05, 0) is 37.9 Å². The van der Waals surface area contributed by atoms with E-state index in [-0.39, 0.29) is 0 Å². The van der Waals surface area contributed by atoms with Crippen LogP contribution in [0.5, 0.6) is 0 Å². The van der Waals surface area contributed by atoms with Gasteiger partial charge in [0.05, 0.1) is 6.54 Å². The van der Waals surface area contributed by atoms with Gasteiger partial charge in [0, 0.05) is 17.0 Å². The van der Waals surface area contributed by atoms with Gasteiger partial charge in [0.15, 0.2) is 0 Å². The van der Waals surface area contributed by atoms with E-state index in [4.69, 9.17) is 4.52 Å². The third-order valence-corrected chi connectivity index (χ3v) is 4.54. The number of aromatic nitrogens is 2. The molecule has 0 aliphatic rings. The SMILES string of the molecule is CSc1ccc(CN(C)Cc2nc(-c3ccc(C)cc3)no2)cc1. The summed E-state index contributed by atoms with van der Waals surface area (Å²) in [6.07, 6.45) is 2.09. The van der Waals surface area contributed by atoms with Crippen LogP contribution >= 0.6 is 11.8 Å². The average molecular weight is 339 g/mol. The van der Waals surface area contributed by atoms with Gasteiger partial charge < -0.3 is 4.52 Å². The molecule has 1 aromatic heterocycles. The highest BCUT2D eigenvalue weighted by Crippen LogP contribution is 2.18. The lowest BCUT2D eigenvalue weighted by Crippen LogP contribution is -2.17. The quantitative estimate of drug-likeness (QED) is 0.623. The van der Waals surface area contributed by atoms with Gasteiger partial charge in [-0.3, -0.25) is 4.90 Å². The lowest BCUT2D eigenvalue weighted by atomic mass is 10.1. The normalized spacial score (nSPS) is 11.2. The molecule has 0 saturated heterocycles. The third-order valence-electron chi connectivity index (χ3n) is 3.79. The second-order valence-corrected chi connectivity index (χ2v) is 6.78. The van der Waals surface area contributed by atoms with Crippen LogP contribution in [0.4, 0.5) is 0 Å². The molecule has 3 aromatic rings. The molecule has 0 aliphatic heterocycles. The highest BCUT2D eigenvalue weighted by atomic mass is 32.2. The number of thioether (sulfide) groups is 1. The maximum Gasteiger partial charge on any atom is 0.241 e.